The lowest BCUT2D eigenvalue weighted by Crippen LogP contribution is -2.55. The topological polar surface area (TPSA) is 73.3 Å². The summed E-state index contributed by atoms with van der Waals surface area (Å²) in [4.78, 5) is 30.2. The van der Waals surface area contributed by atoms with Gasteiger partial charge in [-0.1, -0.05) is 0 Å². The van der Waals surface area contributed by atoms with Crippen LogP contribution in [-0.4, -0.2) is 77.1 Å². The molecule has 1 unspecified atom stereocenters. The maximum Gasteiger partial charge on any atom is 0.320 e. The van der Waals surface area contributed by atoms with Gasteiger partial charge in [-0.05, 0) is 45.0 Å². The van der Waals surface area contributed by atoms with Crippen LogP contribution in [-0.2, 0) is 4.79 Å². The number of phenolic OH excluding ortho intramolecular Hbond substituents is 1. The molecular weight excluding hydrogens is 322 g/mol. The van der Waals surface area contributed by atoms with E-state index in [-0.39, 0.29) is 17.7 Å². The van der Waals surface area contributed by atoms with Crippen molar-refractivity contribution in [2.45, 2.75) is 26.9 Å². The third kappa shape index (κ3) is 4.78. The Morgan fingerprint density at radius 3 is 2.12 bits per heavy atom. The van der Waals surface area contributed by atoms with Gasteiger partial charge in [0.25, 0.3) is 5.91 Å². The molecule has 0 bridgehead atoms. The first-order valence-corrected chi connectivity index (χ1v) is 8.74. The fraction of sp³-hybridized carbons (Fsp3) is 0.556. The van der Waals surface area contributed by atoms with Crippen molar-refractivity contribution >= 4 is 11.9 Å². The first-order valence-electron chi connectivity index (χ1n) is 8.74. The third-order valence-corrected chi connectivity index (χ3v) is 4.39. The second-order valence-electron chi connectivity index (χ2n) is 6.02. The zero-order valence-corrected chi connectivity index (χ0v) is 15.1. The van der Waals surface area contributed by atoms with Gasteiger partial charge in [0.05, 0.1) is 0 Å². The zero-order chi connectivity index (χ0) is 18.4. The van der Waals surface area contributed by atoms with Crippen molar-refractivity contribution in [2.24, 2.45) is 0 Å². The maximum absolute atomic E-state index is 12.5. The van der Waals surface area contributed by atoms with Crippen molar-refractivity contribution in [3.05, 3.63) is 24.3 Å². The smallest absolute Gasteiger partial charge is 0.320 e. The Morgan fingerprint density at radius 1 is 1.08 bits per heavy atom. The number of urea groups is 1. The van der Waals surface area contributed by atoms with Gasteiger partial charge < -0.3 is 24.5 Å². The van der Waals surface area contributed by atoms with E-state index in [1.54, 1.807) is 33.8 Å². The molecule has 0 spiro atoms. The average molecular weight is 349 g/mol. The molecule has 3 amide bonds. The largest absolute Gasteiger partial charge is 0.508 e. The number of phenols is 1. The van der Waals surface area contributed by atoms with E-state index in [4.69, 9.17) is 4.74 Å². The molecule has 138 valence electrons. The molecule has 0 saturated carbocycles. The summed E-state index contributed by atoms with van der Waals surface area (Å²) < 4.78 is 5.64. The molecule has 7 nitrogen and oxygen atoms in total. The fourth-order valence-corrected chi connectivity index (χ4v) is 2.85. The third-order valence-electron chi connectivity index (χ3n) is 4.39. The minimum absolute atomic E-state index is 0.0329. The van der Waals surface area contributed by atoms with E-state index in [1.165, 1.54) is 12.1 Å². The van der Waals surface area contributed by atoms with E-state index in [1.807, 2.05) is 13.8 Å². The summed E-state index contributed by atoms with van der Waals surface area (Å²) in [6, 6.07) is 6.32. The number of carbonyl (C=O) groups is 2. The Hall–Kier alpha value is -2.44. The highest BCUT2D eigenvalue weighted by molar-refractivity contribution is 5.81. The van der Waals surface area contributed by atoms with Gasteiger partial charge in [-0.2, -0.15) is 0 Å². The second-order valence-corrected chi connectivity index (χ2v) is 6.02. The molecular formula is C18H27N3O4. The number of benzene rings is 1. The van der Waals surface area contributed by atoms with Gasteiger partial charge >= 0.3 is 6.03 Å². The molecule has 25 heavy (non-hydrogen) atoms. The van der Waals surface area contributed by atoms with Gasteiger partial charge in [-0.25, -0.2) is 4.79 Å². The van der Waals surface area contributed by atoms with Gasteiger partial charge in [0.1, 0.15) is 11.5 Å². The number of piperazine rings is 1. The van der Waals surface area contributed by atoms with E-state index in [9.17, 15) is 14.7 Å². The summed E-state index contributed by atoms with van der Waals surface area (Å²) in [7, 11) is 0. The molecule has 2 rings (SSSR count). The number of amides is 3. The number of hydrogen-bond donors (Lipinski definition) is 1. The normalized spacial score (nSPS) is 15.6. The van der Waals surface area contributed by atoms with E-state index in [2.05, 4.69) is 0 Å². The van der Waals surface area contributed by atoms with Crippen LogP contribution in [0.2, 0.25) is 0 Å². The van der Waals surface area contributed by atoms with Gasteiger partial charge in [-0.3, -0.25) is 4.79 Å². The van der Waals surface area contributed by atoms with Gasteiger partial charge in [0.2, 0.25) is 0 Å². The van der Waals surface area contributed by atoms with Crippen LogP contribution >= 0.6 is 0 Å². The molecule has 1 N–H and O–H groups in total. The van der Waals surface area contributed by atoms with E-state index in [0.717, 1.165) is 0 Å². The van der Waals surface area contributed by atoms with Crippen LogP contribution in [0, 0.1) is 0 Å². The molecule has 1 aromatic carbocycles. The summed E-state index contributed by atoms with van der Waals surface area (Å²) in [5.74, 6) is 0.595. The van der Waals surface area contributed by atoms with Crippen LogP contribution in [0.4, 0.5) is 4.79 Å². The van der Waals surface area contributed by atoms with Crippen molar-refractivity contribution in [2.75, 3.05) is 39.3 Å². The van der Waals surface area contributed by atoms with Crippen LogP contribution < -0.4 is 4.74 Å². The monoisotopic (exact) mass is 349 g/mol. The number of nitrogens with zero attached hydrogens (tertiary/aromatic N) is 3. The summed E-state index contributed by atoms with van der Waals surface area (Å²) in [5.41, 5.74) is 0. The molecule has 0 radical (unpaired) electrons. The number of hydrogen-bond acceptors (Lipinski definition) is 4. The van der Waals surface area contributed by atoms with Gasteiger partial charge in [0, 0.05) is 39.3 Å². The second kappa shape index (κ2) is 8.60. The van der Waals surface area contributed by atoms with Crippen LogP contribution in [0.3, 0.4) is 0 Å². The van der Waals surface area contributed by atoms with E-state index < -0.39 is 6.10 Å². The molecule has 0 aromatic heterocycles. The highest BCUT2D eigenvalue weighted by atomic mass is 16.5. The summed E-state index contributed by atoms with van der Waals surface area (Å²) in [6.07, 6.45) is -0.616. The van der Waals surface area contributed by atoms with E-state index in [0.29, 0.717) is 45.0 Å². The van der Waals surface area contributed by atoms with Crippen LogP contribution in [0.1, 0.15) is 20.8 Å². The number of rotatable bonds is 5. The first kappa shape index (κ1) is 18.9. The quantitative estimate of drug-likeness (QED) is 0.879. The molecule has 0 aliphatic carbocycles. The van der Waals surface area contributed by atoms with Crippen molar-refractivity contribution in [3.63, 3.8) is 0 Å². The van der Waals surface area contributed by atoms with Crippen molar-refractivity contribution in [1.29, 1.82) is 0 Å². The predicted octanol–water partition coefficient (Wildman–Crippen LogP) is 1.77. The molecule has 1 aliphatic rings. The summed E-state index contributed by atoms with van der Waals surface area (Å²) in [6.45, 7) is 9.10. The average Bonchev–Trinajstić information content (AvgIpc) is 2.64. The molecule has 1 atom stereocenters. The standard InChI is InChI=1S/C18H27N3O4/c1-4-19(5-2)18(24)21-12-10-20(11-13-21)17(23)14(3)25-16-8-6-15(22)7-9-16/h6-9,14,22H,4-5,10-13H2,1-3H3. The van der Waals surface area contributed by atoms with Crippen LogP contribution in [0.5, 0.6) is 11.5 Å². The van der Waals surface area contributed by atoms with E-state index >= 15 is 0 Å². The molecule has 1 fully saturated rings. The van der Waals surface area contributed by atoms with Crippen LogP contribution in [0.25, 0.3) is 0 Å². The minimum Gasteiger partial charge on any atom is -0.508 e. The number of carbonyl (C=O) groups excluding carboxylic acids is 2. The SMILES string of the molecule is CCN(CC)C(=O)N1CCN(C(=O)C(C)Oc2ccc(O)cc2)CC1. The van der Waals surface area contributed by atoms with Crippen molar-refractivity contribution in [3.8, 4) is 11.5 Å². The lowest BCUT2D eigenvalue weighted by atomic mass is 10.2. The summed E-state index contributed by atoms with van der Waals surface area (Å²) >= 11 is 0. The highest BCUT2D eigenvalue weighted by Gasteiger charge is 2.29. The molecule has 1 aromatic rings. The lowest BCUT2D eigenvalue weighted by molar-refractivity contribution is -0.139. The molecule has 1 aliphatic heterocycles. The Balaban J connectivity index is 1.86. The summed E-state index contributed by atoms with van der Waals surface area (Å²) in [5, 5.41) is 9.28. The Kier molecular flexibility index (Phi) is 6.50. The molecule has 7 heteroatoms. The van der Waals surface area contributed by atoms with Gasteiger partial charge in [-0.15, -0.1) is 0 Å². The fourth-order valence-electron chi connectivity index (χ4n) is 2.85. The highest BCUT2D eigenvalue weighted by Crippen LogP contribution is 2.18. The minimum atomic E-state index is -0.616. The number of aromatic hydroxyl groups is 1. The first-order chi connectivity index (χ1) is 12.0. The lowest BCUT2D eigenvalue weighted by Gasteiger charge is -2.37. The Bertz CT molecular complexity index is 578. The molecule has 1 saturated heterocycles. The van der Waals surface area contributed by atoms with Crippen molar-refractivity contribution in [1.82, 2.24) is 14.7 Å². The zero-order valence-electron chi connectivity index (χ0n) is 15.1. The number of ether oxygens (including phenoxy) is 1. The predicted molar refractivity (Wildman–Crippen MR) is 94.7 cm³/mol. The van der Waals surface area contributed by atoms with Crippen molar-refractivity contribution < 1.29 is 19.4 Å². The Labute approximate surface area is 148 Å². The van der Waals surface area contributed by atoms with Gasteiger partial charge in [0.15, 0.2) is 6.10 Å². The molecule has 1 heterocycles. The Morgan fingerprint density at radius 2 is 1.60 bits per heavy atom. The van der Waals surface area contributed by atoms with Crippen LogP contribution in [0.15, 0.2) is 24.3 Å². The maximum atomic E-state index is 12.5.